The minimum absolute atomic E-state index is 0.0382. The Hall–Kier alpha value is -2.14. The zero-order valence-electron chi connectivity index (χ0n) is 13.0. The van der Waals surface area contributed by atoms with E-state index in [4.69, 9.17) is 4.74 Å². The molecule has 0 aliphatic carbocycles. The molecule has 0 aliphatic heterocycles. The zero-order valence-corrected chi connectivity index (χ0v) is 13.0. The van der Waals surface area contributed by atoms with E-state index in [2.05, 4.69) is 5.10 Å². The Morgan fingerprint density at radius 2 is 1.95 bits per heavy atom. The van der Waals surface area contributed by atoms with E-state index in [0.717, 1.165) is 22.6 Å². The highest BCUT2D eigenvalue weighted by Gasteiger charge is 2.16. The molecule has 1 aromatic carbocycles. The number of aromatic nitrogens is 2. The molecule has 1 heterocycles. The highest BCUT2D eigenvalue weighted by Crippen LogP contribution is 2.19. The second-order valence-electron chi connectivity index (χ2n) is 5.08. The highest BCUT2D eigenvalue weighted by atomic mass is 16.5. The van der Waals surface area contributed by atoms with Gasteiger partial charge in [0, 0.05) is 32.0 Å². The molecule has 2 rings (SSSR count). The van der Waals surface area contributed by atoms with Crippen LogP contribution in [0.4, 0.5) is 0 Å². The van der Waals surface area contributed by atoms with Crippen molar-refractivity contribution in [3.8, 4) is 5.69 Å². The molecule has 112 valence electrons. The van der Waals surface area contributed by atoms with Gasteiger partial charge in [0.05, 0.1) is 11.4 Å². The summed E-state index contributed by atoms with van der Waals surface area (Å²) in [5.41, 5.74) is 4.09. The molecule has 0 radical (unpaired) electrons. The van der Waals surface area contributed by atoms with Gasteiger partial charge in [-0.3, -0.25) is 4.79 Å². The third-order valence-corrected chi connectivity index (χ3v) is 3.53. The number of benzene rings is 1. The number of amides is 1. The van der Waals surface area contributed by atoms with Crippen LogP contribution < -0.4 is 0 Å². The van der Waals surface area contributed by atoms with Gasteiger partial charge in [-0.2, -0.15) is 5.10 Å². The monoisotopic (exact) mass is 287 g/mol. The van der Waals surface area contributed by atoms with Crippen molar-refractivity contribution >= 4 is 5.91 Å². The molecular formula is C16H21N3O2. The van der Waals surface area contributed by atoms with Crippen LogP contribution in [0, 0.1) is 13.8 Å². The van der Waals surface area contributed by atoms with Crippen LogP contribution in [0.2, 0.25) is 0 Å². The molecule has 0 bridgehead atoms. The van der Waals surface area contributed by atoms with Gasteiger partial charge in [-0.05, 0) is 26.0 Å². The third kappa shape index (κ3) is 3.31. The Morgan fingerprint density at radius 3 is 2.57 bits per heavy atom. The molecule has 2 aromatic rings. The van der Waals surface area contributed by atoms with Crippen molar-refractivity contribution in [3.05, 3.63) is 47.3 Å². The van der Waals surface area contributed by atoms with E-state index in [1.54, 1.807) is 11.9 Å². The fourth-order valence-corrected chi connectivity index (χ4v) is 2.28. The van der Waals surface area contributed by atoms with E-state index >= 15 is 0 Å². The predicted octanol–water partition coefficient (Wildman–Crippen LogP) is 2.09. The minimum atomic E-state index is -0.0382. The zero-order chi connectivity index (χ0) is 15.4. The quantitative estimate of drug-likeness (QED) is 0.846. The number of rotatable bonds is 5. The van der Waals surface area contributed by atoms with Crippen molar-refractivity contribution < 1.29 is 9.53 Å². The summed E-state index contributed by atoms with van der Waals surface area (Å²) in [6, 6.07) is 9.98. The van der Waals surface area contributed by atoms with E-state index in [0.29, 0.717) is 6.54 Å². The normalized spacial score (nSPS) is 10.7. The lowest BCUT2D eigenvalue weighted by Crippen LogP contribution is -2.29. The number of hydrogen-bond acceptors (Lipinski definition) is 3. The first-order chi connectivity index (χ1) is 10.0. The Bertz CT molecular complexity index is 620. The molecule has 5 heteroatoms. The maximum absolute atomic E-state index is 11.8. The van der Waals surface area contributed by atoms with Gasteiger partial charge in [0.15, 0.2) is 0 Å². The molecular weight excluding hydrogens is 266 g/mol. The average molecular weight is 287 g/mol. The summed E-state index contributed by atoms with van der Waals surface area (Å²) in [6.07, 6.45) is 0. The second-order valence-corrected chi connectivity index (χ2v) is 5.08. The molecule has 0 saturated carbocycles. The van der Waals surface area contributed by atoms with Gasteiger partial charge in [0.25, 0.3) is 0 Å². The van der Waals surface area contributed by atoms with Crippen LogP contribution in [-0.2, 0) is 16.1 Å². The fourth-order valence-electron chi connectivity index (χ4n) is 2.28. The number of carbonyl (C=O) groups excluding carboxylic acids is 1. The van der Waals surface area contributed by atoms with Gasteiger partial charge >= 0.3 is 0 Å². The van der Waals surface area contributed by atoms with E-state index in [1.165, 1.54) is 7.11 Å². The van der Waals surface area contributed by atoms with Crippen LogP contribution in [0.25, 0.3) is 5.69 Å². The molecule has 0 N–H and O–H groups in total. The summed E-state index contributed by atoms with van der Waals surface area (Å²) in [6.45, 7) is 4.63. The summed E-state index contributed by atoms with van der Waals surface area (Å²) in [7, 11) is 3.30. The second kappa shape index (κ2) is 6.54. The Labute approximate surface area is 125 Å². The molecule has 5 nitrogen and oxygen atoms in total. The third-order valence-electron chi connectivity index (χ3n) is 3.53. The largest absolute Gasteiger partial charge is 0.375 e. The highest BCUT2D eigenvalue weighted by molar-refractivity contribution is 5.77. The van der Waals surface area contributed by atoms with Gasteiger partial charge in [0.2, 0.25) is 5.91 Å². The van der Waals surface area contributed by atoms with E-state index in [1.807, 2.05) is 48.9 Å². The van der Waals surface area contributed by atoms with Gasteiger partial charge in [-0.25, -0.2) is 4.68 Å². The summed E-state index contributed by atoms with van der Waals surface area (Å²) in [5.74, 6) is -0.0382. The maximum atomic E-state index is 11.8. The van der Waals surface area contributed by atoms with Crippen molar-refractivity contribution in [2.75, 3.05) is 20.8 Å². The lowest BCUT2D eigenvalue weighted by Gasteiger charge is -2.17. The molecule has 21 heavy (non-hydrogen) atoms. The van der Waals surface area contributed by atoms with Crippen molar-refractivity contribution in [2.24, 2.45) is 0 Å². The lowest BCUT2D eigenvalue weighted by molar-refractivity contribution is -0.134. The van der Waals surface area contributed by atoms with Crippen molar-refractivity contribution in [2.45, 2.75) is 20.4 Å². The summed E-state index contributed by atoms with van der Waals surface area (Å²) in [4.78, 5) is 13.5. The molecule has 0 unspecified atom stereocenters. The Kier molecular flexibility index (Phi) is 4.75. The first kappa shape index (κ1) is 15.3. The number of para-hydroxylation sites is 1. The van der Waals surface area contributed by atoms with Gasteiger partial charge < -0.3 is 9.64 Å². The predicted molar refractivity (Wildman–Crippen MR) is 81.4 cm³/mol. The fraction of sp³-hybridized carbons (Fsp3) is 0.375. The first-order valence-corrected chi connectivity index (χ1v) is 6.88. The number of aryl methyl sites for hydroxylation is 1. The number of nitrogens with zero attached hydrogens (tertiary/aromatic N) is 3. The number of carbonyl (C=O) groups is 1. The summed E-state index contributed by atoms with van der Waals surface area (Å²) < 4.78 is 6.80. The summed E-state index contributed by atoms with van der Waals surface area (Å²) in [5, 5.41) is 4.59. The Morgan fingerprint density at radius 1 is 1.29 bits per heavy atom. The molecule has 1 amide bonds. The maximum Gasteiger partial charge on any atom is 0.248 e. The number of ether oxygens (including phenoxy) is 1. The average Bonchev–Trinajstić information content (AvgIpc) is 2.76. The Balaban J connectivity index is 2.26. The van der Waals surface area contributed by atoms with E-state index in [-0.39, 0.29) is 12.5 Å². The number of likely N-dealkylation sites (N-methyl/N-ethyl adjacent to an activating group) is 1. The first-order valence-electron chi connectivity index (χ1n) is 6.88. The van der Waals surface area contributed by atoms with Gasteiger partial charge in [-0.1, -0.05) is 18.2 Å². The van der Waals surface area contributed by atoms with Crippen LogP contribution in [-0.4, -0.2) is 41.4 Å². The topological polar surface area (TPSA) is 47.4 Å². The smallest absolute Gasteiger partial charge is 0.248 e. The van der Waals surface area contributed by atoms with Crippen LogP contribution in [0.1, 0.15) is 17.0 Å². The molecule has 0 fully saturated rings. The van der Waals surface area contributed by atoms with Crippen molar-refractivity contribution in [1.82, 2.24) is 14.7 Å². The molecule has 1 aromatic heterocycles. The van der Waals surface area contributed by atoms with E-state index in [9.17, 15) is 4.79 Å². The van der Waals surface area contributed by atoms with E-state index < -0.39 is 0 Å². The van der Waals surface area contributed by atoms with Crippen LogP contribution >= 0.6 is 0 Å². The van der Waals surface area contributed by atoms with Crippen molar-refractivity contribution in [3.63, 3.8) is 0 Å². The standard InChI is InChI=1S/C16H21N3O2/c1-12-15(10-18(3)16(20)11-21-4)13(2)19(17-12)14-8-6-5-7-9-14/h5-9H,10-11H2,1-4H3. The number of methoxy groups -OCH3 is 1. The molecule has 0 atom stereocenters. The van der Waals surface area contributed by atoms with Gasteiger partial charge in [-0.15, -0.1) is 0 Å². The molecule has 0 aliphatic rings. The molecule has 0 saturated heterocycles. The number of hydrogen-bond donors (Lipinski definition) is 0. The molecule has 0 spiro atoms. The van der Waals surface area contributed by atoms with Crippen LogP contribution in [0.5, 0.6) is 0 Å². The van der Waals surface area contributed by atoms with Gasteiger partial charge in [0.1, 0.15) is 6.61 Å². The van der Waals surface area contributed by atoms with Crippen molar-refractivity contribution in [1.29, 1.82) is 0 Å². The van der Waals surface area contributed by atoms with Crippen LogP contribution in [0.3, 0.4) is 0 Å². The SMILES string of the molecule is COCC(=O)N(C)Cc1c(C)nn(-c2ccccc2)c1C. The minimum Gasteiger partial charge on any atom is -0.375 e. The van der Waals surface area contributed by atoms with Crippen LogP contribution in [0.15, 0.2) is 30.3 Å². The lowest BCUT2D eigenvalue weighted by atomic mass is 10.2. The summed E-state index contributed by atoms with van der Waals surface area (Å²) >= 11 is 0.